The third kappa shape index (κ3) is 2.92. The predicted molar refractivity (Wildman–Crippen MR) is 130 cm³/mol. The van der Waals surface area contributed by atoms with Crippen LogP contribution >= 0.6 is 0 Å². The number of Topliss-reactive ketones (excluding diaryl/α,β-unsaturated/α-hetero) is 4. The molecule has 5 N–H and O–H groups in total. The van der Waals surface area contributed by atoms with Crippen molar-refractivity contribution in [2.24, 2.45) is 29.4 Å². The Hall–Kier alpha value is -4.15. The van der Waals surface area contributed by atoms with Crippen LogP contribution in [0.25, 0.3) is 22.3 Å². The molecule has 10 heteroatoms. The van der Waals surface area contributed by atoms with Gasteiger partial charge in [-0.05, 0) is 29.7 Å². The average Bonchev–Trinajstić information content (AvgIpc) is 3.30. The highest BCUT2D eigenvalue weighted by atomic mass is 16.3. The van der Waals surface area contributed by atoms with Crippen molar-refractivity contribution in [2.45, 2.75) is 31.0 Å². The molecular formula is C28H23NO9. The van der Waals surface area contributed by atoms with E-state index in [4.69, 9.17) is 10.2 Å². The molecule has 194 valence electrons. The lowest BCUT2D eigenvalue weighted by Crippen LogP contribution is -2.72. The zero-order chi connectivity index (χ0) is 27.3. The molecule has 3 aromatic rings. The van der Waals surface area contributed by atoms with Crippen molar-refractivity contribution in [3.05, 3.63) is 53.6 Å². The number of rotatable bonds is 2. The molecule has 10 nitrogen and oxygen atoms in total. The molecule has 0 bridgehead atoms. The van der Waals surface area contributed by atoms with Gasteiger partial charge in [0.25, 0.3) is 0 Å². The Morgan fingerprint density at radius 3 is 2.47 bits per heavy atom. The highest BCUT2D eigenvalue weighted by molar-refractivity contribution is 6.31. The van der Waals surface area contributed by atoms with Crippen molar-refractivity contribution >= 4 is 40.0 Å². The molecule has 0 spiro atoms. The Kier molecular flexibility index (Phi) is 5.05. The first-order valence-corrected chi connectivity index (χ1v) is 12.2. The zero-order valence-corrected chi connectivity index (χ0v) is 20.1. The van der Waals surface area contributed by atoms with E-state index in [1.807, 2.05) is 12.1 Å². The number of furan rings is 1. The Balaban J connectivity index is 1.49. The number of primary amides is 1. The number of phenolic OH excluding ortho intramolecular Hbond substituents is 1. The van der Waals surface area contributed by atoms with E-state index in [1.165, 1.54) is 0 Å². The highest BCUT2D eigenvalue weighted by Crippen LogP contribution is 2.54. The van der Waals surface area contributed by atoms with Gasteiger partial charge in [0, 0.05) is 23.6 Å². The summed E-state index contributed by atoms with van der Waals surface area (Å²) < 4.78 is 5.84. The minimum absolute atomic E-state index is 0.176. The fourth-order valence-corrected chi connectivity index (χ4v) is 6.67. The Morgan fingerprint density at radius 1 is 1.08 bits per heavy atom. The molecule has 3 aliphatic carbocycles. The second kappa shape index (κ2) is 7.92. The maximum absolute atomic E-state index is 13.8. The van der Waals surface area contributed by atoms with Gasteiger partial charge < -0.3 is 25.5 Å². The SMILES string of the molecule is C[C@H]1c2ccc(-c3cc4ccccc4o3)c(O)c2C(=O)C2C(=O)[C@]3(O)C(=O)C(C(N)=O)C(=O)C[C@@H]3[C@@H](O)[C@@H]21. The topological polar surface area (TPSA) is 185 Å². The van der Waals surface area contributed by atoms with Gasteiger partial charge in [0.1, 0.15) is 17.1 Å². The monoisotopic (exact) mass is 517 g/mol. The lowest BCUT2D eigenvalue weighted by Gasteiger charge is -2.52. The summed E-state index contributed by atoms with van der Waals surface area (Å²) in [4.78, 5) is 65.0. The number of fused-ring (bicyclic) bond motifs is 4. The van der Waals surface area contributed by atoms with Crippen molar-refractivity contribution in [2.75, 3.05) is 0 Å². The summed E-state index contributed by atoms with van der Waals surface area (Å²) >= 11 is 0. The summed E-state index contributed by atoms with van der Waals surface area (Å²) in [5.41, 5.74) is 3.21. The van der Waals surface area contributed by atoms with E-state index in [2.05, 4.69) is 0 Å². The summed E-state index contributed by atoms with van der Waals surface area (Å²) in [6.07, 6.45) is -2.23. The van der Waals surface area contributed by atoms with Gasteiger partial charge in [0.05, 0.1) is 23.1 Å². The molecule has 0 radical (unpaired) electrons. The molecular weight excluding hydrogens is 494 g/mol. The summed E-state index contributed by atoms with van der Waals surface area (Å²) in [5, 5.41) is 34.7. The van der Waals surface area contributed by atoms with Crippen LogP contribution in [0.2, 0.25) is 0 Å². The Morgan fingerprint density at radius 2 is 1.79 bits per heavy atom. The van der Waals surface area contributed by atoms with Gasteiger partial charge >= 0.3 is 0 Å². The smallest absolute Gasteiger partial charge is 0.235 e. The third-order valence-electron chi connectivity index (χ3n) is 8.55. The van der Waals surface area contributed by atoms with Gasteiger partial charge in [-0.25, -0.2) is 0 Å². The average molecular weight is 517 g/mol. The summed E-state index contributed by atoms with van der Waals surface area (Å²) in [7, 11) is 0. The molecule has 38 heavy (non-hydrogen) atoms. The first kappa shape index (κ1) is 24.2. The van der Waals surface area contributed by atoms with E-state index in [9.17, 15) is 39.3 Å². The number of hydrogen-bond donors (Lipinski definition) is 4. The number of amides is 1. The molecule has 0 aliphatic heterocycles. The van der Waals surface area contributed by atoms with Crippen LogP contribution in [-0.2, 0) is 19.2 Å². The molecule has 2 fully saturated rings. The van der Waals surface area contributed by atoms with Gasteiger partial charge in [0.2, 0.25) is 5.91 Å². The molecule has 2 unspecified atom stereocenters. The molecule has 6 rings (SSSR count). The standard InChI is InChI=1S/C28H23NO9/c1-10-12-6-7-13(17-8-11-4-2-3-5-16(11)38-17)22(31)19(12)24(33)21-18(10)23(32)14-9-15(30)20(27(29)36)25(34)28(14,37)26(21)35/h2-8,10,14,18,20-21,23,31-32,37H,9H2,1H3,(H2,29,36)/t10-,14+,18+,20?,21?,23+,28+/m0/s1. The lowest BCUT2D eigenvalue weighted by molar-refractivity contribution is -0.189. The number of benzene rings is 2. The van der Waals surface area contributed by atoms with Crippen molar-refractivity contribution in [1.29, 1.82) is 0 Å². The molecule has 1 heterocycles. The molecule has 1 amide bonds. The van der Waals surface area contributed by atoms with E-state index in [0.717, 1.165) is 5.39 Å². The molecule has 7 atom stereocenters. The van der Waals surface area contributed by atoms with Crippen molar-refractivity contribution < 1.29 is 43.7 Å². The van der Waals surface area contributed by atoms with Crippen molar-refractivity contribution in [1.82, 2.24) is 0 Å². The minimum Gasteiger partial charge on any atom is -0.506 e. The van der Waals surface area contributed by atoms with Gasteiger partial charge in [0.15, 0.2) is 34.7 Å². The van der Waals surface area contributed by atoms with Crippen LogP contribution in [0.3, 0.4) is 0 Å². The molecule has 2 saturated carbocycles. The number of para-hydroxylation sites is 1. The normalized spacial score (nSPS) is 32.6. The minimum atomic E-state index is -2.95. The predicted octanol–water partition coefficient (Wildman–Crippen LogP) is 1.27. The maximum Gasteiger partial charge on any atom is 0.235 e. The highest BCUT2D eigenvalue weighted by Gasteiger charge is 2.69. The Labute approximate surface area is 215 Å². The van der Waals surface area contributed by atoms with E-state index in [0.29, 0.717) is 11.1 Å². The van der Waals surface area contributed by atoms with Crippen LogP contribution < -0.4 is 5.73 Å². The van der Waals surface area contributed by atoms with E-state index >= 15 is 0 Å². The quantitative estimate of drug-likeness (QED) is 0.363. The number of carbonyl (C=O) groups is 5. The summed E-state index contributed by atoms with van der Waals surface area (Å²) in [5.74, 6) is -12.9. The van der Waals surface area contributed by atoms with E-state index in [1.54, 1.807) is 37.3 Å². The zero-order valence-electron chi connectivity index (χ0n) is 20.1. The first-order chi connectivity index (χ1) is 18.0. The first-order valence-electron chi connectivity index (χ1n) is 12.2. The van der Waals surface area contributed by atoms with Gasteiger partial charge in [-0.1, -0.05) is 31.2 Å². The fourth-order valence-electron chi connectivity index (χ4n) is 6.67. The number of hydrogen-bond acceptors (Lipinski definition) is 9. The van der Waals surface area contributed by atoms with Crippen LogP contribution in [0.15, 0.2) is 46.9 Å². The largest absolute Gasteiger partial charge is 0.506 e. The third-order valence-corrected chi connectivity index (χ3v) is 8.55. The number of phenols is 1. The molecule has 1 aromatic heterocycles. The van der Waals surface area contributed by atoms with E-state index in [-0.39, 0.29) is 16.9 Å². The molecule has 2 aromatic carbocycles. The van der Waals surface area contributed by atoms with Crippen LogP contribution in [0.4, 0.5) is 0 Å². The molecule has 0 saturated heterocycles. The number of aromatic hydroxyl groups is 1. The fraction of sp³-hybridized carbons (Fsp3) is 0.321. The Bertz CT molecular complexity index is 1570. The second-order valence-electron chi connectivity index (χ2n) is 10.4. The van der Waals surface area contributed by atoms with Gasteiger partial charge in [-0.2, -0.15) is 0 Å². The van der Waals surface area contributed by atoms with Crippen LogP contribution in [-0.4, -0.2) is 56.1 Å². The van der Waals surface area contributed by atoms with Crippen molar-refractivity contribution in [3.63, 3.8) is 0 Å². The number of carbonyl (C=O) groups excluding carboxylic acids is 5. The number of aliphatic hydroxyl groups is 2. The van der Waals surface area contributed by atoms with E-state index < -0.39 is 82.5 Å². The van der Waals surface area contributed by atoms with Crippen LogP contribution in [0.5, 0.6) is 5.75 Å². The lowest BCUT2D eigenvalue weighted by atomic mass is 9.50. The molecule has 3 aliphatic rings. The van der Waals surface area contributed by atoms with Crippen molar-refractivity contribution in [3.8, 4) is 17.1 Å². The van der Waals surface area contributed by atoms with Crippen LogP contribution in [0, 0.1) is 23.7 Å². The van der Waals surface area contributed by atoms with Crippen LogP contribution in [0.1, 0.15) is 35.2 Å². The number of ketones is 4. The number of nitrogens with two attached hydrogens (primary N) is 1. The maximum atomic E-state index is 13.8. The number of aliphatic hydroxyl groups excluding tert-OH is 1. The van der Waals surface area contributed by atoms with Gasteiger partial charge in [-0.15, -0.1) is 0 Å². The summed E-state index contributed by atoms with van der Waals surface area (Å²) in [6, 6.07) is 12.1. The van der Waals surface area contributed by atoms with Gasteiger partial charge in [-0.3, -0.25) is 24.0 Å². The second-order valence-corrected chi connectivity index (χ2v) is 10.4. The summed E-state index contributed by atoms with van der Waals surface area (Å²) in [6.45, 7) is 1.66.